The van der Waals surface area contributed by atoms with Crippen LogP contribution in [0.25, 0.3) is 5.57 Å². The predicted molar refractivity (Wildman–Crippen MR) is 93.7 cm³/mol. The number of phenols is 1. The fourth-order valence-electron chi connectivity index (χ4n) is 2.74. The molecular formula is C17H15BrN2O3. The van der Waals surface area contributed by atoms with E-state index in [1.807, 2.05) is 23.1 Å². The monoisotopic (exact) mass is 374 g/mol. The smallest absolute Gasteiger partial charge is 0.293 e. The van der Waals surface area contributed by atoms with Gasteiger partial charge in [-0.2, -0.15) is 0 Å². The minimum absolute atomic E-state index is 0.112. The van der Waals surface area contributed by atoms with E-state index >= 15 is 0 Å². The lowest BCUT2D eigenvalue weighted by molar-refractivity contribution is -0.384. The van der Waals surface area contributed by atoms with E-state index in [2.05, 4.69) is 22.0 Å². The van der Waals surface area contributed by atoms with Gasteiger partial charge in [-0.3, -0.25) is 10.1 Å². The number of hydrogen-bond donors (Lipinski definition) is 1. The summed E-state index contributed by atoms with van der Waals surface area (Å²) in [7, 11) is 0. The lowest BCUT2D eigenvalue weighted by Gasteiger charge is -2.28. The third-order valence-electron chi connectivity index (χ3n) is 3.92. The fourth-order valence-corrected chi connectivity index (χ4v) is 3.08. The normalized spacial score (nSPS) is 14.5. The van der Waals surface area contributed by atoms with E-state index in [1.165, 1.54) is 11.6 Å². The Kier molecular flexibility index (Phi) is 4.34. The molecular weight excluding hydrogens is 360 g/mol. The summed E-state index contributed by atoms with van der Waals surface area (Å²) in [4.78, 5) is 12.9. The van der Waals surface area contributed by atoms with Crippen LogP contribution in [0.1, 0.15) is 12.0 Å². The molecule has 1 aliphatic rings. The Hall–Kier alpha value is -2.34. The molecule has 6 heteroatoms. The number of hydrogen-bond acceptors (Lipinski definition) is 4. The van der Waals surface area contributed by atoms with Crippen LogP contribution < -0.4 is 4.90 Å². The summed E-state index contributed by atoms with van der Waals surface area (Å²) in [5, 5.41) is 20.6. The van der Waals surface area contributed by atoms with Crippen molar-refractivity contribution < 1.29 is 10.0 Å². The molecule has 1 heterocycles. The van der Waals surface area contributed by atoms with Crippen LogP contribution in [0.4, 0.5) is 11.4 Å². The molecule has 0 unspecified atom stereocenters. The van der Waals surface area contributed by atoms with Gasteiger partial charge >= 0.3 is 0 Å². The van der Waals surface area contributed by atoms with Gasteiger partial charge in [-0.15, -0.1) is 0 Å². The first-order valence-corrected chi connectivity index (χ1v) is 8.01. The van der Waals surface area contributed by atoms with Crippen molar-refractivity contribution in [2.24, 2.45) is 0 Å². The third kappa shape index (κ3) is 3.37. The number of benzene rings is 2. The minimum atomic E-state index is -0.348. The van der Waals surface area contributed by atoms with Crippen LogP contribution in [0.2, 0.25) is 0 Å². The molecule has 0 aliphatic carbocycles. The van der Waals surface area contributed by atoms with E-state index < -0.39 is 0 Å². The van der Waals surface area contributed by atoms with Gasteiger partial charge in [0.1, 0.15) is 11.4 Å². The lowest BCUT2D eigenvalue weighted by Crippen LogP contribution is -2.28. The number of aromatic hydroxyl groups is 1. The second-order valence-corrected chi connectivity index (χ2v) is 6.28. The van der Waals surface area contributed by atoms with E-state index in [0.717, 1.165) is 18.5 Å². The standard InChI is InChI=1S/C17H15BrN2O3/c18-14-3-6-16(17(11-14)20(22)23)19-9-7-13(8-10-19)12-1-4-15(21)5-2-12/h1-7,11,21H,8-10H2. The molecule has 118 valence electrons. The SMILES string of the molecule is O=[N+]([O-])c1cc(Br)ccc1N1CC=C(c2ccc(O)cc2)CC1. The Labute approximate surface area is 142 Å². The number of nitrogens with zero attached hydrogens (tertiary/aromatic N) is 2. The van der Waals surface area contributed by atoms with Crippen molar-refractivity contribution in [3.05, 3.63) is 68.7 Å². The summed E-state index contributed by atoms with van der Waals surface area (Å²) in [6, 6.07) is 12.2. The van der Waals surface area contributed by atoms with Gasteiger partial charge in [0, 0.05) is 23.6 Å². The van der Waals surface area contributed by atoms with Gasteiger partial charge < -0.3 is 10.0 Å². The maximum atomic E-state index is 11.3. The number of halogens is 1. The summed E-state index contributed by atoms with van der Waals surface area (Å²) < 4.78 is 0.699. The molecule has 1 aliphatic heterocycles. The average Bonchev–Trinajstić information content (AvgIpc) is 2.56. The zero-order valence-electron chi connectivity index (χ0n) is 12.3. The summed E-state index contributed by atoms with van der Waals surface area (Å²) in [6.07, 6.45) is 2.89. The Morgan fingerprint density at radius 3 is 2.52 bits per heavy atom. The maximum Gasteiger partial charge on any atom is 0.293 e. The van der Waals surface area contributed by atoms with E-state index in [0.29, 0.717) is 16.7 Å². The van der Waals surface area contributed by atoms with E-state index in [9.17, 15) is 15.2 Å². The molecule has 23 heavy (non-hydrogen) atoms. The second kappa shape index (κ2) is 6.42. The van der Waals surface area contributed by atoms with Crippen molar-refractivity contribution in [3.63, 3.8) is 0 Å². The highest BCUT2D eigenvalue weighted by Gasteiger charge is 2.21. The van der Waals surface area contributed by atoms with Gasteiger partial charge in [0.05, 0.1) is 4.92 Å². The zero-order chi connectivity index (χ0) is 16.4. The molecule has 2 aromatic carbocycles. The molecule has 1 N–H and O–H groups in total. The van der Waals surface area contributed by atoms with Crippen molar-refractivity contribution in [2.45, 2.75) is 6.42 Å². The van der Waals surface area contributed by atoms with Crippen LogP contribution in [0, 0.1) is 10.1 Å². The van der Waals surface area contributed by atoms with Crippen LogP contribution >= 0.6 is 15.9 Å². The Balaban J connectivity index is 1.84. The van der Waals surface area contributed by atoms with Gasteiger partial charge in [0.2, 0.25) is 0 Å². The van der Waals surface area contributed by atoms with Crippen LogP contribution in [-0.2, 0) is 0 Å². The van der Waals surface area contributed by atoms with Crippen LogP contribution in [0.5, 0.6) is 5.75 Å². The van der Waals surface area contributed by atoms with Gasteiger partial charge in [0.25, 0.3) is 5.69 Å². The van der Waals surface area contributed by atoms with Crippen molar-refractivity contribution in [3.8, 4) is 5.75 Å². The van der Waals surface area contributed by atoms with Crippen LogP contribution in [-0.4, -0.2) is 23.1 Å². The zero-order valence-corrected chi connectivity index (χ0v) is 13.9. The minimum Gasteiger partial charge on any atom is -0.508 e. The molecule has 0 spiro atoms. The Morgan fingerprint density at radius 1 is 1.17 bits per heavy atom. The van der Waals surface area contributed by atoms with Crippen LogP contribution in [0.3, 0.4) is 0 Å². The topological polar surface area (TPSA) is 66.6 Å². The van der Waals surface area contributed by atoms with Crippen molar-refractivity contribution in [2.75, 3.05) is 18.0 Å². The van der Waals surface area contributed by atoms with Gasteiger partial charge in [-0.05, 0) is 41.8 Å². The van der Waals surface area contributed by atoms with Crippen molar-refractivity contribution in [1.82, 2.24) is 0 Å². The molecule has 0 radical (unpaired) electrons. The molecule has 0 bridgehead atoms. The summed E-state index contributed by atoms with van der Waals surface area (Å²) in [5.41, 5.74) is 3.02. The molecule has 0 atom stereocenters. The third-order valence-corrected chi connectivity index (χ3v) is 4.42. The molecule has 0 amide bonds. The van der Waals surface area contributed by atoms with Crippen LogP contribution in [0.15, 0.2) is 53.0 Å². The molecule has 0 fully saturated rings. The van der Waals surface area contributed by atoms with Gasteiger partial charge in [0.15, 0.2) is 0 Å². The number of anilines is 1. The second-order valence-electron chi connectivity index (χ2n) is 5.36. The number of nitro benzene ring substituents is 1. The highest BCUT2D eigenvalue weighted by atomic mass is 79.9. The number of nitro groups is 1. The average molecular weight is 375 g/mol. The van der Waals surface area contributed by atoms with E-state index in [1.54, 1.807) is 18.2 Å². The molecule has 0 saturated heterocycles. The molecule has 5 nitrogen and oxygen atoms in total. The maximum absolute atomic E-state index is 11.3. The van der Waals surface area contributed by atoms with E-state index in [4.69, 9.17) is 0 Å². The van der Waals surface area contributed by atoms with Crippen molar-refractivity contribution >= 4 is 32.9 Å². The highest BCUT2D eigenvalue weighted by Crippen LogP contribution is 2.34. The Morgan fingerprint density at radius 2 is 1.91 bits per heavy atom. The molecule has 0 aromatic heterocycles. The number of phenolic OH excluding ortho intramolecular Hbond substituents is 1. The molecule has 3 rings (SSSR count). The van der Waals surface area contributed by atoms with Gasteiger partial charge in [-0.1, -0.05) is 34.1 Å². The quantitative estimate of drug-likeness (QED) is 0.640. The van der Waals surface area contributed by atoms with E-state index in [-0.39, 0.29) is 16.4 Å². The first-order chi connectivity index (χ1) is 11.0. The highest BCUT2D eigenvalue weighted by molar-refractivity contribution is 9.10. The van der Waals surface area contributed by atoms with Crippen molar-refractivity contribution in [1.29, 1.82) is 0 Å². The summed E-state index contributed by atoms with van der Waals surface area (Å²) in [6.45, 7) is 1.34. The summed E-state index contributed by atoms with van der Waals surface area (Å²) in [5.74, 6) is 0.247. The summed E-state index contributed by atoms with van der Waals surface area (Å²) >= 11 is 3.28. The predicted octanol–water partition coefficient (Wildman–Crippen LogP) is 4.36. The number of rotatable bonds is 3. The molecule has 0 saturated carbocycles. The fraction of sp³-hybridized carbons (Fsp3) is 0.176. The molecule has 2 aromatic rings. The first-order valence-electron chi connectivity index (χ1n) is 7.22. The largest absolute Gasteiger partial charge is 0.508 e. The van der Waals surface area contributed by atoms with Gasteiger partial charge in [-0.25, -0.2) is 0 Å². The Bertz CT molecular complexity index is 772. The lowest BCUT2D eigenvalue weighted by atomic mass is 9.99. The first kappa shape index (κ1) is 15.6.